The van der Waals surface area contributed by atoms with Crippen LogP contribution in [-0.4, -0.2) is 20.1 Å². The lowest BCUT2D eigenvalue weighted by Crippen LogP contribution is -2.16. The van der Waals surface area contributed by atoms with Crippen LogP contribution in [-0.2, 0) is 15.7 Å². The van der Waals surface area contributed by atoms with E-state index in [4.69, 9.17) is 0 Å². The number of rotatable bonds is 4. The number of hydrogen-bond donors (Lipinski definition) is 3. The highest BCUT2D eigenvalue weighted by molar-refractivity contribution is 8.04. The molecule has 0 spiro atoms. The highest BCUT2D eigenvalue weighted by Gasteiger charge is 1.92. The van der Waals surface area contributed by atoms with Gasteiger partial charge >= 0.3 is 0 Å². The topological polar surface area (TPSA) is 89.3 Å². The van der Waals surface area contributed by atoms with Crippen molar-refractivity contribution in [3.05, 3.63) is 0 Å². The molecule has 0 atom stereocenters. The summed E-state index contributed by atoms with van der Waals surface area (Å²) < 4.78 is 21.4. The van der Waals surface area contributed by atoms with Crippen LogP contribution in [0.3, 0.4) is 0 Å². The maximum absolute atomic E-state index is 9.95. The standard InChI is InChI=1S/C2H6N2O3S2/c3-2(5)1-8-4-9(6)7/h9H,1H2,(H2,3,5)(H,4,6,7). The molecule has 0 aromatic carbocycles. The van der Waals surface area contributed by atoms with Crippen LogP contribution in [0.15, 0.2) is 0 Å². The summed E-state index contributed by atoms with van der Waals surface area (Å²) in [7, 11) is -2.63. The molecular weight excluding hydrogens is 164 g/mol. The van der Waals surface area contributed by atoms with E-state index in [1.165, 1.54) is 0 Å². The van der Waals surface area contributed by atoms with Gasteiger partial charge in [0.25, 0.3) is 0 Å². The smallest absolute Gasteiger partial charge is 0.228 e. The summed E-state index contributed by atoms with van der Waals surface area (Å²) in [5, 5.41) is 0. The van der Waals surface area contributed by atoms with Gasteiger partial charge < -0.3 is 5.73 Å². The molecule has 0 aromatic heterocycles. The number of nitrogens with two attached hydrogens (primary N) is 1. The second-order valence-electron chi connectivity index (χ2n) is 1.10. The van der Waals surface area contributed by atoms with Gasteiger partial charge in [0.2, 0.25) is 16.8 Å². The molecule has 0 aromatic rings. The Morgan fingerprint density at radius 1 is 1.67 bits per heavy atom. The van der Waals surface area contributed by atoms with E-state index < -0.39 is 16.8 Å². The van der Waals surface area contributed by atoms with Gasteiger partial charge in [0.1, 0.15) is 0 Å². The molecule has 0 aliphatic carbocycles. The molecular formula is C2H6N2O3S2. The predicted octanol–water partition coefficient (Wildman–Crippen LogP) is -1.76. The number of carbonyl (C=O) groups is 1. The second-order valence-corrected chi connectivity index (χ2v) is 2.93. The Morgan fingerprint density at radius 3 is 2.56 bits per heavy atom. The van der Waals surface area contributed by atoms with Crippen LogP contribution in [0.25, 0.3) is 0 Å². The number of hydrogen-bond acceptors (Lipinski definition) is 4. The molecule has 54 valence electrons. The monoisotopic (exact) mass is 170 g/mol. The fourth-order valence-corrected chi connectivity index (χ4v) is 0.978. The normalized spacial score (nSPS) is 9.89. The van der Waals surface area contributed by atoms with Gasteiger partial charge in [-0.2, -0.15) is 4.13 Å². The van der Waals surface area contributed by atoms with Crippen LogP contribution in [0.5, 0.6) is 0 Å². The molecule has 0 fully saturated rings. The first-order valence-corrected chi connectivity index (χ1v) is 4.09. The van der Waals surface area contributed by atoms with Gasteiger partial charge in [-0.25, -0.2) is 8.42 Å². The number of amides is 1. The van der Waals surface area contributed by atoms with Gasteiger partial charge in [-0.1, -0.05) is 11.9 Å². The summed E-state index contributed by atoms with van der Waals surface area (Å²) in [6.45, 7) is 0. The third-order valence-electron chi connectivity index (χ3n) is 0.354. The third-order valence-corrected chi connectivity index (χ3v) is 1.90. The Labute approximate surface area is 58.2 Å². The van der Waals surface area contributed by atoms with E-state index in [0.29, 0.717) is 0 Å². The van der Waals surface area contributed by atoms with Gasteiger partial charge in [-0.05, 0) is 0 Å². The average molecular weight is 170 g/mol. The molecule has 0 aliphatic heterocycles. The molecule has 0 unspecified atom stereocenters. The molecule has 5 nitrogen and oxygen atoms in total. The van der Waals surface area contributed by atoms with E-state index in [1.54, 1.807) is 0 Å². The lowest BCUT2D eigenvalue weighted by molar-refractivity contribution is -0.115. The zero-order valence-corrected chi connectivity index (χ0v) is 6.08. The van der Waals surface area contributed by atoms with Crippen molar-refractivity contribution in [2.24, 2.45) is 5.73 Å². The van der Waals surface area contributed by atoms with Crippen LogP contribution in [0.1, 0.15) is 0 Å². The van der Waals surface area contributed by atoms with E-state index in [0.717, 1.165) is 11.9 Å². The van der Waals surface area contributed by atoms with Gasteiger partial charge in [-0.3, -0.25) is 4.79 Å². The minimum atomic E-state index is -2.63. The summed E-state index contributed by atoms with van der Waals surface area (Å²) in [5.41, 5.74) is 4.68. The Bertz CT molecular complexity index is 157. The van der Waals surface area contributed by atoms with Crippen LogP contribution >= 0.6 is 11.9 Å². The van der Waals surface area contributed by atoms with Crippen molar-refractivity contribution >= 4 is 28.7 Å². The molecule has 1 amide bonds. The molecule has 0 saturated carbocycles. The molecule has 0 radical (unpaired) electrons. The van der Waals surface area contributed by atoms with Gasteiger partial charge in [0, 0.05) is 0 Å². The third kappa shape index (κ3) is 7.73. The first kappa shape index (κ1) is 8.73. The Kier molecular flexibility index (Phi) is 4.46. The van der Waals surface area contributed by atoms with Gasteiger partial charge in [0.05, 0.1) is 5.75 Å². The molecule has 7 heteroatoms. The lowest BCUT2D eigenvalue weighted by atomic mass is 10.8. The quantitative estimate of drug-likeness (QED) is 0.344. The van der Waals surface area contributed by atoms with Crippen molar-refractivity contribution in [1.29, 1.82) is 0 Å². The first-order chi connectivity index (χ1) is 4.13. The summed E-state index contributed by atoms with van der Waals surface area (Å²) in [4.78, 5) is 9.95. The number of carbonyl (C=O) groups excluding carboxylic acids is 1. The van der Waals surface area contributed by atoms with E-state index in [2.05, 4.69) is 5.73 Å². The zero-order valence-electron chi connectivity index (χ0n) is 4.36. The minimum Gasteiger partial charge on any atom is -0.369 e. The summed E-state index contributed by atoms with van der Waals surface area (Å²) >= 11 is 0.749. The number of thiol groups is 1. The minimum absolute atomic E-state index is 0.0384. The lowest BCUT2D eigenvalue weighted by Gasteiger charge is -1.89. The second kappa shape index (κ2) is 4.59. The Hall–Kier alpha value is -0.270. The van der Waals surface area contributed by atoms with Crippen LogP contribution in [0.4, 0.5) is 0 Å². The molecule has 0 bridgehead atoms. The Balaban J connectivity index is 3.21. The van der Waals surface area contributed by atoms with E-state index in [9.17, 15) is 13.2 Å². The maximum Gasteiger partial charge on any atom is 0.228 e. The van der Waals surface area contributed by atoms with Gasteiger partial charge in [-0.15, -0.1) is 0 Å². The molecule has 3 N–H and O–H groups in total. The van der Waals surface area contributed by atoms with Crippen LogP contribution < -0.4 is 9.86 Å². The predicted molar refractivity (Wildman–Crippen MR) is 35.1 cm³/mol. The fraction of sp³-hybridized carbons (Fsp3) is 0.500. The van der Waals surface area contributed by atoms with Gasteiger partial charge in [0.15, 0.2) is 0 Å². The number of nitrogens with one attached hydrogen (secondary N) is 1. The summed E-state index contributed by atoms with van der Waals surface area (Å²) in [6.07, 6.45) is 0. The largest absolute Gasteiger partial charge is 0.369 e. The van der Waals surface area contributed by atoms with E-state index in [1.807, 2.05) is 4.13 Å². The molecule has 0 aliphatic rings. The van der Waals surface area contributed by atoms with Crippen molar-refractivity contribution in [2.75, 3.05) is 5.75 Å². The van der Waals surface area contributed by atoms with E-state index in [-0.39, 0.29) is 5.75 Å². The SMILES string of the molecule is NC(=O)CSN[SH](=O)=O. The molecule has 0 heterocycles. The Morgan fingerprint density at radius 2 is 2.22 bits per heavy atom. The fourth-order valence-electron chi connectivity index (χ4n) is 0.156. The van der Waals surface area contributed by atoms with Crippen LogP contribution in [0.2, 0.25) is 0 Å². The van der Waals surface area contributed by atoms with Crippen LogP contribution in [0, 0.1) is 0 Å². The first-order valence-electron chi connectivity index (χ1n) is 1.93. The van der Waals surface area contributed by atoms with Crippen molar-refractivity contribution in [1.82, 2.24) is 4.13 Å². The van der Waals surface area contributed by atoms with Crippen molar-refractivity contribution in [3.8, 4) is 0 Å². The average Bonchev–Trinajstić information content (AvgIpc) is 1.63. The maximum atomic E-state index is 9.95. The van der Waals surface area contributed by atoms with E-state index >= 15 is 0 Å². The van der Waals surface area contributed by atoms with Crippen molar-refractivity contribution in [3.63, 3.8) is 0 Å². The highest BCUT2D eigenvalue weighted by atomic mass is 32.2. The highest BCUT2D eigenvalue weighted by Crippen LogP contribution is 1.88. The van der Waals surface area contributed by atoms with Crippen molar-refractivity contribution < 1.29 is 13.2 Å². The molecule has 9 heavy (non-hydrogen) atoms. The van der Waals surface area contributed by atoms with Crippen molar-refractivity contribution in [2.45, 2.75) is 0 Å². The number of primary amides is 1. The summed E-state index contributed by atoms with van der Waals surface area (Å²) in [5.74, 6) is -0.590. The zero-order chi connectivity index (χ0) is 7.28. The molecule has 0 saturated heterocycles. The summed E-state index contributed by atoms with van der Waals surface area (Å²) in [6, 6.07) is 0. The molecule has 0 rings (SSSR count).